The molecule has 0 heterocycles. The minimum Gasteiger partial charge on any atom is -0.478 e. The Labute approximate surface area is 170 Å². The van der Waals surface area contributed by atoms with Gasteiger partial charge in [0.1, 0.15) is 0 Å². The van der Waals surface area contributed by atoms with E-state index in [2.05, 4.69) is 5.32 Å². The van der Waals surface area contributed by atoms with Crippen LogP contribution in [0.2, 0.25) is 0 Å². The zero-order valence-corrected chi connectivity index (χ0v) is 16.4. The predicted octanol–water partition coefficient (Wildman–Crippen LogP) is 3.86. The molecule has 0 aromatic heterocycles. The molecule has 30 heavy (non-hydrogen) atoms. The molecule has 1 fully saturated rings. The average molecular weight is 442 g/mol. The Morgan fingerprint density at radius 3 is 2.33 bits per heavy atom. The zero-order chi connectivity index (χ0) is 22.3. The third kappa shape index (κ3) is 4.73. The Morgan fingerprint density at radius 1 is 1.10 bits per heavy atom. The summed E-state index contributed by atoms with van der Waals surface area (Å²) in [6.45, 7) is 1.46. The number of nitrogens with one attached hydrogen (secondary N) is 2. The standard InChI is InChI=1S/C19H17F3N2O5S/c1-10-2-6-13(9-14(10)18(26)27)30(28,29)24-16-7-5-12(8-15(16)19(20,21)22)23-17(25)11-3-4-11/h2,5-9,11,24H,3-4H2,1H3,(H,23,25)(H,26,27). The van der Waals surface area contributed by atoms with Crippen molar-refractivity contribution in [1.82, 2.24) is 0 Å². The van der Waals surface area contributed by atoms with Crippen LogP contribution in [0.4, 0.5) is 24.5 Å². The van der Waals surface area contributed by atoms with E-state index >= 15 is 0 Å². The third-order valence-corrected chi connectivity index (χ3v) is 5.90. The molecule has 160 valence electrons. The first-order valence-electron chi connectivity index (χ1n) is 8.77. The number of hydrogen-bond acceptors (Lipinski definition) is 4. The fraction of sp³-hybridized carbons (Fsp3) is 0.263. The second-order valence-electron chi connectivity index (χ2n) is 6.91. The van der Waals surface area contributed by atoms with Gasteiger partial charge in [-0.25, -0.2) is 13.2 Å². The molecule has 7 nitrogen and oxygen atoms in total. The van der Waals surface area contributed by atoms with E-state index in [-0.39, 0.29) is 17.2 Å². The topological polar surface area (TPSA) is 113 Å². The van der Waals surface area contributed by atoms with Crippen LogP contribution in [0.15, 0.2) is 41.3 Å². The summed E-state index contributed by atoms with van der Waals surface area (Å²) in [4.78, 5) is 22.5. The zero-order valence-electron chi connectivity index (χ0n) is 15.6. The summed E-state index contributed by atoms with van der Waals surface area (Å²) in [7, 11) is -4.51. The molecule has 0 saturated heterocycles. The van der Waals surface area contributed by atoms with Gasteiger partial charge in [0, 0.05) is 11.6 Å². The van der Waals surface area contributed by atoms with Crippen molar-refractivity contribution in [2.45, 2.75) is 30.8 Å². The lowest BCUT2D eigenvalue weighted by Gasteiger charge is -2.17. The van der Waals surface area contributed by atoms with Crippen LogP contribution in [0.1, 0.15) is 34.3 Å². The fourth-order valence-corrected chi connectivity index (χ4v) is 3.84. The number of carbonyl (C=O) groups is 2. The van der Waals surface area contributed by atoms with Crippen molar-refractivity contribution in [3.63, 3.8) is 0 Å². The summed E-state index contributed by atoms with van der Waals surface area (Å²) in [5.74, 6) is -1.98. The SMILES string of the molecule is Cc1ccc(S(=O)(=O)Nc2ccc(NC(=O)C3CC3)cc2C(F)(F)F)cc1C(=O)O. The van der Waals surface area contributed by atoms with Crippen LogP contribution in [0.5, 0.6) is 0 Å². The number of anilines is 2. The smallest absolute Gasteiger partial charge is 0.418 e. The molecule has 3 rings (SSSR count). The van der Waals surface area contributed by atoms with Crippen LogP contribution in [0.3, 0.4) is 0 Å². The number of aromatic carboxylic acids is 1. The number of halogens is 3. The van der Waals surface area contributed by atoms with Gasteiger partial charge in [0.2, 0.25) is 5.91 Å². The second kappa shape index (κ2) is 7.63. The van der Waals surface area contributed by atoms with Crippen LogP contribution in [0.25, 0.3) is 0 Å². The summed E-state index contributed by atoms with van der Waals surface area (Å²) in [6, 6.07) is 5.93. The van der Waals surface area contributed by atoms with Gasteiger partial charge in [-0.1, -0.05) is 6.07 Å². The maximum absolute atomic E-state index is 13.5. The summed E-state index contributed by atoms with van der Waals surface area (Å²) in [5.41, 5.74) is -2.12. The van der Waals surface area contributed by atoms with Gasteiger partial charge in [0.15, 0.2) is 0 Å². The predicted molar refractivity (Wildman–Crippen MR) is 102 cm³/mol. The Hall–Kier alpha value is -3.08. The quantitative estimate of drug-likeness (QED) is 0.629. The fourth-order valence-electron chi connectivity index (χ4n) is 2.74. The first kappa shape index (κ1) is 21.6. The van der Waals surface area contributed by atoms with Crippen molar-refractivity contribution in [3.8, 4) is 0 Å². The van der Waals surface area contributed by atoms with Gasteiger partial charge in [0.25, 0.3) is 10.0 Å². The van der Waals surface area contributed by atoms with E-state index in [0.717, 1.165) is 24.3 Å². The van der Waals surface area contributed by atoms with Crippen molar-refractivity contribution in [2.24, 2.45) is 5.92 Å². The van der Waals surface area contributed by atoms with Crippen LogP contribution in [-0.4, -0.2) is 25.4 Å². The molecule has 3 N–H and O–H groups in total. The highest BCUT2D eigenvalue weighted by molar-refractivity contribution is 7.92. The molecule has 1 saturated carbocycles. The van der Waals surface area contributed by atoms with Crippen LogP contribution in [0, 0.1) is 12.8 Å². The maximum Gasteiger partial charge on any atom is 0.418 e. The second-order valence-corrected chi connectivity index (χ2v) is 8.59. The van der Waals surface area contributed by atoms with E-state index in [1.54, 1.807) is 0 Å². The Balaban J connectivity index is 1.95. The van der Waals surface area contributed by atoms with Crippen LogP contribution >= 0.6 is 0 Å². The van der Waals surface area contributed by atoms with Gasteiger partial charge in [-0.05, 0) is 55.7 Å². The molecular formula is C19H17F3N2O5S. The van der Waals surface area contributed by atoms with Crippen molar-refractivity contribution < 1.29 is 36.3 Å². The minimum absolute atomic E-state index is 0.106. The molecule has 0 atom stereocenters. The van der Waals surface area contributed by atoms with Crippen LogP contribution < -0.4 is 10.0 Å². The molecule has 1 aliphatic rings. The van der Waals surface area contributed by atoms with Gasteiger partial charge >= 0.3 is 12.1 Å². The number of sulfonamides is 1. The summed E-state index contributed by atoms with van der Waals surface area (Å²) < 4.78 is 67.6. The lowest BCUT2D eigenvalue weighted by molar-refractivity contribution is -0.136. The number of carboxylic acids is 1. The molecule has 0 bridgehead atoms. The van der Waals surface area contributed by atoms with E-state index in [0.29, 0.717) is 24.5 Å². The van der Waals surface area contributed by atoms with E-state index in [1.807, 2.05) is 4.72 Å². The molecule has 0 spiro atoms. The minimum atomic E-state index is -4.91. The number of aryl methyl sites for hydroxylation is 1. The Bertz CT molecular complexity index is 1130. The number of alkyl halides is 3. The van der Waals surface area contributed by atoms with Crippen LogP contribution in [-0.2, 0) is 21.0 Å². The lowest BCUT2D eigenvalue weighted by Crippen LogP contribution is -2.19. The van der Waals surface area contributed by atoms with E-state index in [4.69, 9.17) is 5.11 Å². The average Bonchev–Trinajstić information content (AvgIpc) is 3.47. The van der Waals surface area contributed by atoms with Crippen molar-refractivity contribution >= 4 is 33.3 Å². The summed E-state index contributed by atoms with van der Waals surface area (Å²) >= 11 is 0. The van der Waals surface area contributed by atoms with Gasteiger partial charge < -0.3 is 10.4 Å². The van der Waals surface area contributed by atoms with E-state index in [9.17, 15) is 31.2 Å². The highest BCUT2D eigenvalue weighted by atomic mass is 32.2. The lowest BCUT2D eigenvalue weighted by atomic mass is 10.1. The summed E-state index contributed by atoms with van der Waals surface area (Å²) in [5, 5.41) is 11.5. The van der Waals surface area contributed by atoms with E-state index in [1.165, 1.54) is 13.0 Å². The van der Waals surface area contributed by atoms with Gasteiger partial charge in [-0.15, -0.1) is 0 Å². The molecule has 0 radical (unpaired) electrons. The van der Waals surface area contributed by atoms with E-state index < -0.39 is 44.2 Å². The van der Waals surface area contributed by atoms with Gasteiger partial charge in [0.05, 0.1) is 21.7 Å². The maximum atomic E-state index is 13.5. The third-order valence-electron chi connectivity index (χ3n) is 4.53. The molecule has 2 aromatic rings. The number of carbonyl (C=O) groups excluding carboxylic acids is 1. The van der Waals surface area contributed by atoms with Crippen molar-refractivity contribution in [1.29, 1.82) is 0 Å². The van der Waals surface area contributed by atoms with Crippen molar-refractivity contribution in [3.05, 3.63) is 53.1 Å². The number of amides is 1. The molecule has 11 heteroatoms. The highest BCUT2D eigenvalue weighted by Crippen LogP contribution is 2.38. The largest absolute Gasteiger partial charge is 0.478 e. The Morgan fingerprint density at radius 2 is 1.77 bits per heavy atom. The number of benzene rings is 2. The first-order chi connectivity index (χ1) is 13.9. The number of hydrogen-bond donors (Lipinski definition) is 3. The highest BCUT2D eigenvalue weighted by Gasteiger charge is 2.36. The number of carboxylic acid groups (broad SMARTS) is 1. The summed E-state index contributed by atoms with van der Waals surface area (Å²) in [6.07, 6.45) is -3.56. The molecule has 1 aliphatic carbocycles. The molecule has 2 aromatic carbocycles. The molecule has 1 amide bonds. The van der Waals surface area contributed by atoms with Crippen molar-refractivity contribution in [2.75, 3.05) is 10.0 Å². The molecule has 0 unspecified atom stereocenters. The number of rotatable bonds is 6. The first-order valence-corrected chi connectivity index (χ1v) is 10.3. The molecule has 0 aliphatic heterocycles. The normalized spacial score (nSPS) is 14.3. The monoisotopic (exact) mass is 442 g/mol. The Kier molecular flexibility index (Phi) is 5.50. The van der Waals surface area contributed by atoms with Gasteiger partial charge in [-0.2, -0.15) is 13.2 Å². The van der Waals surface area contributed by atoms with Gasteiger partial charge in [-0.3, -0.25) is 9.52 Å². The molecular weight excluding hydrogens is 425 g/mol.